The highest BCUT2D eigenvalue weighted by atomic mass is 32.2. The number of ether oxygens (including phenoxy) is 3. The minimum absolute atomic E-state index is 0.0206. The summed E-state index contributed by atoms with van der Waals surface area (Å²) in [4.78, 5) is 38.8. The van der Waals surface area contributed by atoms with E-state index in [2.05, 4.69) is 0 Å². The van der Waals surface area contributed by atoms with E-state index in [1.807, 2.05) is 18.2 Å². The predicted octanol–water partition coefficient (Wildman–Crippen LogP) is 6.32. The molecule has 8 nitrogen and oxygen atoms in total. The van der Waals surface area contributed by atoms with Crippen molar-refractivity contribution in [2.45, 2.75) is 43.3 Å². The van der Waals surface area contributed by atoms with Crippen LogP contribution < -0.4 is 4.74 Å². The van der Waals surface area contributed by atoms with E-state index in [0.29, 0.717) is 53.9 Å². The van der Waals surface area contributed by atoms with Gasteiger partial charge in [0.2, 0.25) is 0 Å². The van der Waals surface area contributed by atoms with Crippen LogP contribution in [0.5, 0.6) is 5.75 Å². The summed E-state index contributed by atoms with van der Waals surface area (Å²) in [6.07, 6.45) is 3.78. The summed E-state index contributed by atoms with van der Waals surface area (Å²) in [7, 11) is -3.48. The number of esters is 2. The van der Waals surface area contributed by atoms with Gasteiger partial charge in [-0.15, -0.1) is 0 Å². The van der Waals surface area contributed by atoms with E-state index in [4.69, 9.17) is 14.2 Å². The lowest BCUT2D eigenvalue weighted by Crippen LogP contribution is -2.19. The van der Waals surface area contributed by atoms with E-state index in [1.165, 1.54) is 0 Å². The Labute approximate surface area is 268 Å². The van der Waals surface area contributed by atoms with Crippen molar-refractivity contribution in [1.82, 2.24) is 0 Å². The molecule has 0 saturated carbocycles. The molecule has 9 heteroatoms. The number of rotatable bonds is 13. The Morgan fingerprint density at radius 2 is 1.57 bits per heavy atom. The number of benzene rings is 4. The normalized spacial score (nSPS) is 13.2. The second-order valence-electron chi connectivity index (χ2n) is 10.8. The molecular formula is C37H34O8S. The summed E-state index contributed by atoms with van der Waals surface area (Å²) in [5.41, 5.74) is 2.83. The summed E-state index contributed by atoms with van der Waals surface area (Å²) in [6.45, 7) is 0.394. The number of carbonyl (C=O) groups is 3. The van der Waals surface area contributed by atoms with E-state index in [-0.39, 0.29) is 29.5 Å². The fourth-order valence-corrected chi connectivity index (χ4v) is 6.21. The fraction of sp³-hybridized carbons (Fsp3) is 0.216. The maximum absolute atomic E-state index is 13.1. The quantitative estimate of drug-likeness (QED) is 0.0950. The number of fused-ring (bicyclic) bond motifs is 2. The van der Waals surface area contributed by atoms with Crippen molar-refractivity contribution in [2.24, 2.45) is 0 Å². The lowest BCUT2D eigenvalue weighted by Gasteiger charge is -2.17. The molecule has 1 heterocycles. The number of hydrogen-bond donors (Lipinski definition) is 0. The molecule has 236 valence electrons. The number of sulfone groups is 1. The van der Waals surface area contributed by atoms with Crippen LogP contribution in [0.2, 0.25) is 0 Å². The molecular weight excluding hydrogens is 604 g/mol. The molecule has 1 aliphatic rings. The second-order valence-corrected chi connectivity index (χ2v) is 12.9. The van der Waals surface area contributed by atoms with Crippen molar-refractivity contribution in [2.75, 3.05) is 12.4 Å². The van der Waals surface area contributed by atoms with Crippen LogP contribution in [0.15, 0.2) is 120 Å². The highest BCUT2D eigenvalue weighted by Gasteiger charge is 2.23. The summed E-state index contributed by atoms with van der Waals surface area (Å²) in [5.74, 6) is -0.799. The Hall–Kier alpha value is -5.02. The molecule has 1 atom stereocenters. The standard InChI is InChI=1S/C37H34O8S/c38-35(25-27-20-21-34-33(24-27)36(39)32-19-8-7-14-29(32)26-44-34)43-22-11-16-30(45-37(40)28-12-3-1-4-13-28)15-9-10-23-46(41,42)31-17-5-2-6-18-31/h1-10,12-14,17-21,24,30H,11,15-16,22-23,25-26H2/b10-9+. The first kappa shape index (κ1) is 32.4. The van der Waals surface area contributed by atoms with Gasteiger partial charge in [0, 0.05) is 17.5 Å². The first-order valence-corrected chi connectivity index (χ1v) is 16.7. The summed E-state index contributed by atoms with van der Waals surface area (Å²) < 4.78 is 42.2. The summed E-state index contributed by atoms with van der Waals surface area (Å²) in [5, 5.41) is 0. The zero-order valence-electron chi connectivity index (χ0n) is 25.2. The Balaban J connectivity index is 1.14. The predicted molar refractivity (Wildman–Crippen MR) is 172 cm³/mol. The maximum atomic E-state index is 13.1. The van der Waals surface area contributed by atoms with E-state index in [1.54, 1.807) is 97.1 Å². The van der Waals surface area contributed by atoms with E-state index in [0.717, 1.165) is 5.56 Å². The third kappa shape index (κ3) is 8.57. The third-order valence-corrected chi connectivity index (χ3v) is 9.10. The number of ketones is 1. The Bertz CT molecular complexity index is 1810. The van der Waals surface area contributed by atoms with Crippen LogP contribution in [0.3, 0.4) is 0 Å². The molecule has 0 saturated heterocycles. The van der Waals surface area contributed by atoms with Crippen LogP contribution >= 0.6 is 0 Å². The molecule has 1 aliphatic heterocycles. The molecule has 0 radical (unpaired) electrons. The van der Waals surface area contributed by atoms with Crippen LogP contribution in [-0.2, 0) is 37.1 Å². The van der Waals surface area contributed by atoms with E-state index in [9.17, 15) is 22.8 Å². The SMILES string of the molecule is O=C(Cc1ccc2c(c1)C(=O)c1ccccc1CO2)OCCCC(C/C=C/CS(=O)(=O)c1ccccc1)OC(=O)c1ccccc1. The topological polar surface area (TPSA) is 113 Å². The van der Waals surface area contributed by atoms with Crippen LogP contribution in [0.4, 0.5) is 0 Å². The molecule has 0 bridgehead atoms. The molecule has 0 N–H and O–H groups in total. The summed E-state index contributed by atoms with van der Waals surface area (Å²) >= 11 is 0. The Morgan fingerprint density at radius 3 is 2.35 bits per heavy atom. The first-order valence-electron chi connectivity index (χ1n) is 15.0. The van der Waals surface area contributed by atoms with Gasteiger partial charge in [0.25, 0.3) is 0 Å². The van der Waals surface area contributed by atoms with Gasteiger partial charge in [-0.05, 0) is 54.8 Å². The molecule has 0 amide bonds. The second kappa shape index (κ2) is 15.3. The fourth-order valence-electron chi connectivity index (χ4n) is 5.06. The molecule has 46 heavy (non-hydrogen) atoms. The minimum Gasteiger partial charge on any atom is -0.488 e. The van der Waals surface area contributed by atoms with Crippen molar-refractivity contribution >= 4 is 27.6 Å². The van der Waals surface area contributed by atoms with Crippen molar-refractivity contribution in [3.05, 3.63) is 143 Å². The van der Waals surface area contributed by atoms with Gasteiger partial charge in [0.15, 0.2) is 15.6 Å². The van der Waals surface area contributed by atoms with Gasteiger partial charge in [-0.1, -0.05) is 78.9 Å². The zero-order chi connectivity index (χ0) is 32.4. The van der Waals surface area contributed by atoms with Crippen molar-refractivity contribution in [1.29, 1.82) is 0 Å². The largest absolute Gasteiger partial charge is 0.488 e. The highest BCUT2D eigenvalue weighted by Crippen LogP contribution is 2.29. The summed E-state index contributed by atoms with van der Waals surface area (Å²) in [6, 6.07) is 29.2. The highest BCUT2D eigenvalue weighted by molar-refractivity contribution is 7.91. The third-order valence-electron chi connectivity index (χ3n) is 7.48. The van der Waals surface area contributed by atoms with Crippen molar-refractivity contribution < 1.29 is 37.0 Å². The van der Waals surface area contributed by atoms with Gasteiger partial charge in [-0.3, -0.25) is 9.59 Å². The monoisotopic (exact) mass is 638 g/mol. The van der Waals surface area contributed by atoms with Gasteiger partial charge in [0.1, 0.15) is 18.5 Å². The van der Waals surface area contributed by atoms with Crippen molar-refractivity contribution in [3.63, 3.8) is 0 Å². The van der Waals surface area contributed by atoms with Crippen LogP contribution in [0.1, 0.15) is 56.7 Å². The van der Waals surface area contributed by atoms with Gasteiger partial charge in [-0.25, -0.2) is 13.2 Å². The molecule has 5 rings (SSSR count). The molecule has 0 spiro atoms. The van der Waals surface area contributed by atoms with Gasteiger partial charge < -0.3 is 14.2 Å². The number of carbonyl (C=O) groups excluding carboxylic acids is 3. The molecule has 4 aromatic carbocycles. The molecule has 0 aromatic heterocycles. The van der Waals surface area contributed by atoms with E-state index >= 15 is 0 Å². The average Bonchev–Trinajstić information content (AvgIpc) is 3.21. The molecule has 0 fully saturated rings. The Morgan fingerprint density at radius 1 is 0.848 bits per heavy atom. The van der Waals surface area contributed by atoms with Crippen LogP contribution in [-0.4, -0.2) is 44.6 Å². The molecule has 4 aromatic rings. The molecule has 0 aliphatic carbocycles. The number of hydrogen-bond acceptors (Lipinski definition) is 8. The van der Waals surface area contributed by atoms with Gasteiger partial charge in [-0.2, -0.15) is 0 Å². The van der Waals surface area contributed by atoms with Gasteiger partial charge in [0.05, 0.1) is 34.8 Å². The lowest BCUT2D eigenvalue weighted by molar-refractivity contribution is -0.143. The molecule has 1 unspecified atom stereocenters. The lowest BCUT2D eigenvalue weighted by atomic mass is 9.97. The maximum Gasteiger partial charge on any atom is 0.338 e. The first-order chi connectivity index (χ1) is 22.3. The van der Waals surface area contributed by atoms with E-state index < -0.39 is 27.9 Å². The smallest absolute Gasteiger partial charge is 0.338 e. The average molecular weight is 639 g/mol. The van der Waals surface area contributed by atoms with Crippen LogP contribution in [0, 0.1) is 0 Å². The van der Waals surface area contributed by atoms with Crippen LogP contribution in [0.25, 0.3) is 0 Å². The Kier molecular flexibility index (Phi) is 10.8. The minimum atomic E-state index is -3.48. The van der Waals surface area contributed by atoms with Crippen molar-refractivity contribution in [3.8, 4) is 5.75 Å². The van der Waals surface area contributed by atoms with Gasteiger partial charge >= 0.3 is 11.9 Å². The zero-order valence-corrected chi connectivity index (χ0v) is 26.0.